The number of piperidine rings is 1. The lowest BCUT2D eigenvalue weighted by atomic mass is 9.99. The third kappa shape index (κ3) is 2.46. The number of nitrogens with one attached hydrogen (secondary N) is 1. The number of halogens is 3. The predicted molar refractivity (Wildman–Crippen MR) is 49.7 cm³/mol. The molecule has 1 unspecified atom stereocenters. The fraction of sp³-hybridized carbons (Fsp3) is 0.667. The molecule has 1 aliphatic rings. The Balaban J connectivity index is 2.21. The number of nitrogens with zero attached hydrogens (tertiary/aromatic N) is 3. The van der Waals surface area contributed by atoms with Crippen molar-refractivity contribution in [1.82, 2.24) is 20.5 Å². The van der Waals surface area contributed by atoms with Crippen molar-refractivity contribution in [3.05, 3.63) is 17.7 Å². The molecule has 4 nitrogen and oxygen atoms in total. The van der Waals surface area contributed by atoms with E-state index < -0.39 is 11.9 Å². The van der Waals surface area contributed by atoms with Gasteiger partial charge in [-0.15, -0.1) is 5.10 Å². The van der Waals surface area contributed by atoms with Crippen molar-refractivity contribution in [3.8, 4) is 0 Å². The average Bonchev–Trinajstić information content (AvgIpc) is 2.29. The molecule has 0 radical (unpaired) electrons. The first kappa shape index (κ1) is 11.3. The van der Waals surface area contributed by atoms with Gasteiger partial charge >= 0.3 is 6.18 Å². The minimum absolute atomic E-state index is 0.0662. The topological polar surface area (TPSA) is 50.7 Å². The fourth-order valence-corrected chi connectivity index (χ4v) is 1.70. The Morgan fingerprint density at radius 3 is 2.81 bits per heavy atom. The van der Waals surface area contributed by atoms with E-state index in [0.717, 1.165) is 19.4 Å². The third-order valence-corrected chi connectivity index (χ3v) is 2.53. The van der Waals surface area contributed by atoms with Crippen LogP contribution in [0.4, 0.5) is 13.2 Å². The predicted octanol–water partition coefficient (Wildman–Crippen LogP) is 1.36. The molecule has 0 saturated carbocycles. The average molecular weight is 232 g/mol. The lowest BCUT2D eigenvalue weighted by Gasteiger charge is -2.21. The number of rotatable bonds is 1. The molecule has 16 heavy (non-hydrogen) atoms. The Labute approximate surface area is 90.3 Å². The van der Waals surface area contributed by atoms with Crippen molar-refractivity contribution in [2.45, 2.75) is 24.9 Å². The van der Waals surface area contributed by atoms with Gasteiger partial charge in [-0.05, 0) is 19.4 Å². The van der Waals surface area contributed by atoms with Gasteiger partial charge in [-0.2, -0.15) is 18.3 Å². The van der Waals surface area contributed by atoms with Gasteiger partial charge in [-0.3, -0.25) is 0 Å². The van der Waals surface area contributed by atoms with Crippen molar-refractivity contribution in [2.75, 3.05) is 13.1 Å². The van der Waals surface area contributed by atoms with Gasteiger partial charge < -0.3 is 5.32 Å². The first-order chi connectivity index (χ1) is 7.57. The molecule has 1 aliphatic heterocycles. The van der Waals surface area contributed by atoms with Gasteiger partial charge in [0.15, 0.2) is 11.5 Å². The van der Waals surface area contributed by atoms with Crippen LogP contribution in [0.1, 0.15) is 30.3 Å². The maximum Gasteiger partial charge on any atom is 0.435 e. The molecule has 88 valence electrons. The molecule has 0 amide bonds. The second-order valence-electron chi connectivity index (χ2n) is 3.74. The van der Waals surface area contributed by atoms with Gasteiger partial charge in [0.25, 0.3) is 0 Å². The molecule has 1 saturated heterocycles. The van der Waals surface area contributed by atoms with Crippen molar-refractivity contribution in [1.29, 1.82) is 0 Å². The van der Waals surface area contributed by atoms with E-state index in [2.05, 4.69) is 20.5 Å². The maximum absolute atomic E-state index is 12.4. The van der Waals surface area contributed by atoms with Crippen molar-refractivity contribution in [2.24, 2.45) is 0 Å². The molecule has 0 spiro atoms. The number of alkyl halides is 3. The second kappa shape index (κ2) is 4.32. The summed E-state index contributed by atoms with van der Waals surface area (Å²) < 4.78 is 37.2. The molecular formula is C9H11F3N4. The highest BCUT2D eigenvalue weighted by Gasteiger charge is 2.34. The summed E-state index contributed by atoms with van der Waals surface area (Å²) >= 11 is 0. The van der Waals surface area contributed by atoms with Gasteiger partial charge in [0.05, 0.1) is 6.20 Å². The van der Waals surface area contributed by atoms with Crippen LogP contribution in [-0.2, 0) is 6.18 Å². The summed E-state index contributed by atoms with van der Waals surface area (Å²) in [4.78, 5) is 3.53. The molecule has 1 atom stereocenters. The monoisotopic (exact) mass is 232 g/mol. The van der Waals surface area contributed by atoms with E-state index in [0.29, 0.717) is 12.7 Å². The maximum atomic E-state index is 12.4. The van der Waals surface area contributed by atoms with E-state index in [-0.39, 0.29) is 11.7 Å². The van der Waals surface area contributed by atoms with Crippen LogP contribution < -0.4 is 5.32 Å². The molecule has 0 bridgehead atoms. The molecule has 1 aromatic rings. The first-order valence-corrected chi connectivity index (χ1v) is 5.05. The Morgan fingerprint density at radius 2 is 2.19 bits per heavy atom. The van der Waals surface area contributed by atoms with Gasteiger partial charge in [-0.25, -0.2) is 4.98 Å². The van der Waals surface area contributed by atoms with Crippen LogP contribution in [0.2, 0.25) is 0 Å². The van der Waals surface area contributed by atoms with E-state index in [1.807, 2.05) is 0 Å². The lowest BCUT2D eigenvalue weighted by Crippen LogP contribution is -2.30. The molecule has 1 fully saturated rings. The Morgan fingerprint density at radius 1 is 1.38 bits per heavy atom. The summed E-state index contributed by atoms with van der Waals surface area (Å²) in [5, 5.41) is 10.1. The Hall–Kier alpha value is -1.24. The summed E-state index contributed by atoms with van der Waals surface area (Å²) in [6.45, 7) is 1.51. The number of hydrogen-bond donors (Lipinski definition) is 1. The van der Waals surface area contributed by atoms with Crippen LogP contribution in [0.5, 0.6) is 0 Å². The van der Waals surface area contributed by atoms with Crippen LogP contribution >= 0.6 is 0 Å². The van der Waals surface area contributed by atoms with Crippen LogP contribution in [0.25, 0.3) is 0 Å². The highest BCUT2D eigenvalue weighted by molar-refractivity contribution is 5.05. The van der Waals surface area contributed by atoms with Crippen LogP contribution in [0, 0.1) is 0 Å². The zero-order valence-electron chi connectivity index (χ0n) is 8.46. The molecule has 7 heteroatoms. The summed E-state index contributed by atoms with van der Waals surface area (Å²) in [6.07, 6.45) is -2.08. The van der Waals surface area contributed by atoms with Gasteiger partial charge in [0.1, 0.15) is 0 Å². The highest BCUT2D eigenvalue weighted by Crippen LogP contribution is 2.28. The van der Waals surface area contributed by atoms with Gasteiger partial charge in [-0.1, -0.05) is 0 Å². The molecule has 1 N–H and O–H groups in total. The van der Waals surface area contributed by atoms with Crippen LogP contribution in [-0.4, -0.2) is 28.3 Å². The largest absolute Gasteiger partial charge is 0.435 e. The SMILES string of the molecule is FC(F)(F)c1cnnc(C2CCCNC2)n1. The van der Waals surface area contributed by atoms with Gasteiger partial charge in [0.2, 0.25) is 0 Å². The number of aromatic nitrogens is 3. The quantitative estimate of drug-likeness (QED) is 0.794. The summed E-state index contributed by atoms with van der Waals surface area (Å²) in [7, 11) is 0. The summed E-state index contributed by atoms with van der Waals surface area (Å²) in [6, 6.07) is 0. The summed E-state index contributed by atoms with van der Waals surface area (Å²) in [5.74, 6) is 0.116. The van der Waals surface area contributed by atoms with E-state index in [1.54, 1.807) is 0 Å². The molecular weight excluding hydrogens is 221 g/mol. The van der Waals surface area contributed by atoms with Crippen molar-refractivity contribution in [3.63, 3.8) is 0 Å². The van der Waals surface area contributed by atoms with E-state index in [1.165, 1.54) is 0 Å². The third-order valence-electron chi connectivity index (χ3n) is 2.53. The highest BCUT2D eigenvalue weighted by atomic mass is 19.4. The minimum Gasteiger partial charge on any atom is -0.316 e. The second-order valence-corrected chi connectivity index (χ2v) is 3.74. The van der Waals surface area contributed by atoms with Crippen LogP contribution in [0.15, 0.2) is 6.20 Å². The van der Waals surface area contributed by atoms with Gasteiger partial charge in [0, 0.05) is 12.5 Å². The molecule has 1 aromatic heterocycles. The zero-order valence-corrected chi connectivity index (χ0v) is 8.46. The lowest BCUT2D eigenvalue weighted by molar-refractivity contribution is -0.141. The standard InChI is InChI=1S/C9H11F3N4/c10-9(11,12)7-5-14-16-8(15-7)6-2-1-3-13-4-6/h5-6,13H,1-4H2. The molecule has 2 rings (SSSR count). The van der Waals surface area contributed by atoms with Crippen molar-refractivity contribution < 1.29 is 13.2 Å². The molecule has 0 aromatic carbocycles. The normalized spacial score (nSPS) is 22.1. The fourth-order valence-electron chi connectivity index (χ4n) is 1.70. The zero-order chi connectivity index (χ0) is 11.6. The van der Waals surface area contributed by atoms with E-state index >= 15 is 0 Å². The smallest absolute Gasteiger partial charge is 0.316 e. The van der Waals surface area contributed by atoms with E-state index in [9.17, 15) is 13.2 Å². The Bertz CT molecular complexity index is 360. The van der Waals surface area contributed by atoms with Crippen molar-refractivity contribution >= 4 is 0 Å². The minimum atomic E-state index is -4.45. The Kier molecular flexibility index (Phi) is 3.04. The molecule has 2 heterocycles. The molecule has 0 aliphatic carbocycles. The first-order valence-electron chi connectivity index (χ1n) is 5.05. The van der Waals surface area contributed by atoms with E-state index in [4.69, 9.17) is 0 Å². The van der Waals surface area contributed by atoms with Crippen LogP contribution in [0.3, 0.4) is 0 Å². The number of hydrogen-bond acceptors (Lipinski definition) is 4. The summed E-state index contributed by atoms with van der Waals surface area (Å²) in [5.41, 5.74) is -0.969.